The number of hydrogen-bond donors (Lipinski definition) is 1. The molecule has 4 heteroatoms. The monoisotopic (exact) mass is 232 g/mol. The molecule has 0 saturated carbocycles. The average molecular weight is 232 g/mol. The van der Waals surface area contributed by atoms with Crippen LogP contribution in [0, 0.1) is 0 Å². The largest absolute Gasteiger partial charge is 0.507 e. The molecule has 0 bridgehead atoms. The van der Waals surface area contributed by atoms with Crippen molar-refractivity contribution in [3.05, 3.63) is 48.0 Å². The Morgan fingerprint density at radius 2 is 1.88 bits per heavy atom. The van der Waals surface area contributed by atoms with E-state index in [0.29, 0.717) is 17.4 Å². The first-order chi connectivity index (χ1) is 8.24. The minimum absolute atomic E-state index is 0.0818. The second kappa shape index (κ2) is 4.65. The van der Waals surface area contributed by atoms with Crippen molar-refractivity contribution in [3.8, 4) is 22.6 Å². The average Bonchev–Trinajstić information content (AvgIpc) is 2.39. The van der Waals surface area contributed by atoms with Gasteiger partial charge in [0.15, 0.2) is 12.0 Å². The van der Waals surface area contributed by atoms with Gasteiger partial charge in [0.2, 0.25) is 0 Å². The van der Waals surface area contributed by atoms with E-state index in [2.05, 4.69) is 4.94 Å². The summed E-state index contributed by atoms with van der Waals surface area (Å²) in [5.41, 5.74) is 1.58. The maximum atomic E-state index is 12.0. The first kappa shape index (κ1) is 11.1. The van der Waals surface area contributed by atoms with E-state index in [1.165, 1.54) is 24.3 Å². The Labute approximate surface area is 97.0 Å². The number of carbonyl (C=O) groups excluding carboxylic acids is 1. The molecule has 0 heterocycles. The van der Waals surface area contributed by atoms with Crippen molar-refractivity contribution in [1.82, 2.24) is 0 Å². The van der Waals surface area contributed by atoms with Gasteiger partial charge in [-0.3, -0.25) is 9.74 Å². The quantitative estimate of drug-likeness (QED) is 0.827. The van der Waals surface area contributed by atoms with Crippen molar-refractivity contribution >= 4 is 6.29 Å². The molecule has 2 rings (SSSR count). The summed E-state index contributed by atoms with van der Waals surface area (Å²) in [6.45, 7) is 0. The van der Waals surface area contributed by atoms with Gasteiger partial charge in [-0.1, -0.05) is 18.2 Å². The number of carbonyl (C=O) groups is 1. The molecule has 0 amide bonds. The van der Waals surface area contributed by atoms with E-state index in [9.17, 15) is 14.4 Å². The van der Waals surface area contributed by atoms with Crippen LogP contribution in [0.25, 0.3) is 11.1 Å². The number of phenolic OH excluding ortho intramolecular Hbond substituents is 1. The Morgan fingerprint density at radius 3 is 2.59 bits per heavy atom. The summed E-state index contributed by atoms with van der Waals surface area (Å²) in [4.78, 5) is 14.3. The number of halogens is 1. The zero-order chi connectivity index (χ0) is 12.3. The minimum atomic E-state index is -0.0818. The van der Waals surface area contributed by atoms with Crippen LogP contribution in [-0.4, -0.2) is 11.4 Å². The van der Waals surface area contributed by atoms with Crippen molar-refractivity contribution in [2.75, 3.05) is 0 Å². The molecule has 1 N–H and O–H groups in total. The standard InChI is InChI=1S/C13H9FO3/c14-17-12-3-1-2-9(7-12)10-4-5-13(16)11(6-10)8-15/h1-8,16H. The number of aromatic hydroxyl groups is 1. The van der Waals surface area contributed by atoms with Crippen LogP contribution < -0.4 is 4.94 Å². The Morgan fingerprint density at radius 1 is 1.12 bits per heavy atom. The normalized spacial score (nSPS) is 9.94. The first-order valence-electron chi connectivity index (χ1n) is 4.92. The van der Waals surface area contributed by atoms with Gasteiger partial charge in [0.1, 0.15) is 5.75 Å². The first-order valence-corrected chi connectivity index (χ1v) is 4.92. The van der Waals surface area contributed by atoms with E-state index in [-0.39, 0.29) is 17.1 Å². The van der Waals surface area contributed by atoms with Crippen LogP contribution >= 0.6 is 0 Å². The van der Waals surface area contributed by atoms with Crippen LogP contribution in [-0.2, 0) is 0 Å². The smallest absolute Gasteiger partial charge is 0.172 e. The number of benzene rings is 2. The minimum Gasteiger partial charge on any atom is -0.507 e. The Balaban J connectivity index is 2.48. The number of phenols is 1. The summed E-state index contributed by atoms with van der Waals surface area (Å²) in [7, 11) is 0. The van der Waals surface area contributed by atoms with Crippen LogP contribution in [0.1, 0.15) is 10.4 Å². The van der Waals surface area contributed by atoms with Crippen LogP contribution in [0.5, 0.6) is 11.5 Å². The van der Waals surface area contributed by atoms with E-state index < -0.39 is 0 Å². The van der Waals surface area contributed by atoms with Crippen molar-refractivity contribution in [1.29, 1.82) is 0 Å². The van der Waals surface area contributed by atoms with Gasteiger partial charge in [-0.25, -0.2) is 0 Å². The van der Waals surface area contributed by atoms with Crippen LogP contribution in [0.2, 0.25) is 0 Å². The van der Waals surface area contributed by atoms with Crippen molar-refractivity contribution in [3.63, 3.8) is 0 Å². The highest BCUT2D eigenvalue weighted by molar-refractivity contribution is 5.82. The van der Waals surface area contributed by atoms with E-state index >= 15 is 0 Å². The molecule has 86 valence electrons. The maximum Gasteiger partial charge on any atom is 0.172 e. The molecular weight excluding hydrogens is 223 g/mol. The third-order valence-corrected chi connectivity index (χ3v) is 2.41. The molecule has 0 aliphatic rings. The lowest BCUT2D eigenvalue weighted by atomic mass is 10.0. The molecule has 0 saturated heterocycles. The van der Waals surface area contributed by atoms with Crippen LogP contribution in [0.3, 0.4) is 0 Å². The Bertz CT molecular complexity index is 552. The van der Waals surface area contributed by atoms with Crippen molar-refractivity contribution in [2.24, 2.45) is 0 Å². The molecule has 0 atom stereocenters. The second-order valence-electron chi connectivity index (χ2n) is 3.50. The number of rotatable bonds is 3. The van der Waals surface area contributed by atoms with E-state index in [4.69, 9.17) is 0 Å². The summed E-state index contributed by atoms with van der Waals surface area (Å²) < 4.78 is 12.0. The van der Waals surface area contributed by atoms with Gasteiger partial charge in [-0.05, 0) is 35.4 Å². The Kier molecular flexibility index (Phi) is 3.05. The third-order valence-electron chi connectivity index (χ3n) is 2.41. The summed E-state index contributed by atoms with van der Waals surface area (Å²) >= 11 is 0. The molecule has 0 radical (unpaired) electrons. The van der Waals surface area contributed by atoms with Gasteiger partial charge < -0.3 is 5.11 Å². The van der Waals surface area contributed by atoms with Crippen LogP contribution in [0.15, 0.2) is 42.5 Å². The third kappa shape index (κ3) is 2.25. The van der Waals surface area contributed by atoms with Crippen LogP contribution in [0.4, 0.5) is 4.53 Å². The second-order valence-corrected chi connectivity index (χ2v) is 3.50. The molecule has 0 fully saturated rings. The molecule has 0 aromatic heterocycles. The maximum absolute atomic E-state index is 12.0. The van der Waals surface area contributed by atoms with Crippen molar-refractivity contribution < 1.29 is 19.4 Å². The van der Waals surface area contributed by atoms with Gasteiger partial charge in [0.25, 0.3) is 0 Å². The number of hydrogen-bond acceptors (Lipinski definition) is 3. The fraction of sp³-hybridized carbons (Fsp3) is 0. The fourth-order valence-electron chi connectivity index (χ4n) is 1.55. The number of aldehydes is 1. The zero-order valence-corrected chi connectivity index (χ0v) is 8.76. The topological polar surface area (TPSA) is 46.5 Å². The van der Waals surface area contributed by atoms with Gasteiger partial charge in [-0.2, -0.15) is 0 Å². The molecule has 3 nitrogen and oxygen atoms in total. The summed E-state index contributed by atoms with van der Waals surface area (Å²) in [6.07, 6.45) is 0.564. The lowest BCUT2D eigenvalue weighted by molar-refractivity contribution is -0.00614. The van der Waals surface area contributed by atoms with Gasteiger partial charge in [0, 0.05) is 4.53 Å². The summed E-state index contributed by atoms with van der Waals surface area (Å²) in [6, 6.07) is 11.0. The highest BCUT2D eigenvalue weighted by atomic mass is 19.3. The van der Waals surface area contributed by atoms with E-state index in [1.807, 2.05) is 0 Å². The van der Waals surface area contributed by atoms with Crippen molar-refractivity contribution in [2.45, 2.75) is 0 Å². The highest BCUT2D eigenvalue weighted by Gasteiger charge is 2.05. The molecule has 0 unspecified atom stereocenters. The lowest BCUT2D eigenvalue weighted by Crippen LogP contribution is -1.85. The van der Waals surface area contributed by atoms with Gasteiger partial charge in [-0.15, -0.1) is 0 Å². The molecule has 0 aliphatic heterocycles. The van der Waals surface area contributed by atoms with E-state index in [0.717, 1.165) is 0 Å². The SMILES string of the molecule is O=Cc1cc(-c2cccc(OF)c2)ccc1O. The van der Waals surface area contributed by atoms with Gasteiger partial charge in [0.05, 0.1) is 5.56 Å². The lowest BCUT2D eigenvalue weighted by Gasteiger charge is -2.04. The molecule has 17 heavy (non-hydrogen) atoms. The summed E-state index contributed by atoms with van der Waals surface area (Å²) in [5.74, 6) is 0.00451. The Hall–Kier alpha value is -2.36. The molecular formula is C13H9FO3. The summed E-state index contributed by atoms with van der Waals surface area (Å²) in [5, 5.41) is 9.37. The predicted molar refractivity (Wildman–Crippen MR) is 60.7 cm³/mol. The zero-order valence-electron chi connectivity index (χ0n) is 8.76. The molecule has 0 spiro atoms. The van der Waals surface area contributed by atoms with Gasteiger partial charge >= 0.3 is 0 Å². The molecule has 0 aliphatic carbocycles. The highest BCUT2D eigenvalue weighted by Crippen LogP contribution is 2.27. The predicted octanol–water partition coefficient (Wildman–Crippen LogP) is 3.14. The van der Waals surface area contributed by atoms with E-state index in [1.54, 1.807) is 18.2 Å². The fourth-order valence-corrected chi connectivity index (χ4v) is 1.55. The molecule has 2 aromatic rings. The molecule has 2 aromatic carbocycles.